The fraction of sp³-hybridized carbons (Fsp3) is 0. The van der Waals surface area contributed by atoms with E-state index in [-0.39, 0.29) is 0 Å². The zero-order valence-corrected chi connectivity index (χ0v) is 9.63. The molecule has 3 N–H and O–H groups in total. The van der Waals surface area contributed by atoms with E-state index in [1.165, 1.54) is 6.20 Å². The summed E-state index contributed by atoms with van der Waals surface area (Å²) in [5, 5.41) is 4.06. The van der Waals surface area contributed by atoms with Crippen LogP contribution >= 0.6 is 23.2 Å². The van der Waals surface area contributed by atoms with Gasteiger partial charge in [0, 0.05) is 28.1 Å². The number of hydrogen-bond acceptors (Lipinski definition) is 4. The van der Waals surface area contributed by atoms with Crippen molar-refractivity contribution in [3.8, 4) is 0 Å². The minimum Gasteiger partial charge on any atom is -0.381 e. The lowest BCUT2D eigenvalue weighted by Gasteiger charge is -2.07. The molecule has 16 heavy (non-hydrogen) atoms. The maximum Gasteiger partial charge on any atom is 0.173 e. The number of nitrogens with one attached hydrogen (secondary N) is 1. The first kappa shape index (κ1) is 11.0. The lowest BCUT2D eigenvalue weighted by atomic mass is 10.3. The molecule has 4 nitrogen and oxygen atoms in total. The lowest BCUT2D eigenvalue weighted by molar-refractivity contribution is 1.21. The molecule has 2 aromatic rings. The normalized spacial score (nSPS) is 10.1. The van der Waals surface area contributed by atoms with Crippen molar-refractivity contribution in [3.05, 3.63) is 40.6 Å². The van der Waals surface area contributed by atoms with E-state index in [1.807, 2.05) is 0 Å². The fourth-order valence-electron chi connectivity index (χ4n) is 1.21. The largest absolute Gasteiger partial charge is 0.381 e. The molecular formula is C10H8Cl2N4. The van der Waals surface area contributed by atoms with Gasteiger partial charge in [-0.05, 0) is 18.2 Å². The van der Waals surface area contributed by atoms with E-state index in [9.17, 15) is 0 Å². The zero-order chi connectivity index (χ0) is 11.5. The molecule has 82 valence electrons. The standard InChI is InChI=1S/C10H8Cl2N4/c11-6-3-7(12)5-8(4-6)16-10-9(13)14-1-2-15-10/h1-5H,(H2,13,14)(H,15,16). The molecule has 0 aliphatic rings. The van der Waals surface area contributed by atoms with Gasteiger partial charge in [0.05, 0.1) is 0 Å². The highest BCUT2D eigenvalue weighted by atomic mass is 35.5. The number of halogens is 2. The summed E-state index contributed by atoms with van der Waals surface area (Å²) >= 11 is 11.7. The summed E-state index contributed by atoms with van der Waals surface area (Å²) in [5.74, 6) is 0.791. The summed E-state index contributed by atoms with van der Waals surface area (Å²) < 4.78 is 0. The van der Waals surface area contributed by atoms with Crippen molar-refractivity contribution in [3.63, 3.8) is 0 Å². The van der Waals surface area contributed by atoms with E-state index in [1.54, 1.807) is 24.4 Å². The molecule has 0 bridgehead atoms. The van der Waals surface area contributed by atoms with E-state index < -0.39 is 0 Å². The SMILES string of the molecule is Nc1nccnc1Nc1cc(Cl)cc(Cl)c1. The van der Waals surface area contributed by atoms with Gasteiger partial charge in [-0.3, -0.25) is 0 Å². The van der Waals surface area contributed by atoms with Gasteiger partial charge in [-0.25, -0.2) is 9.97 Å². The van der Waals surface area contributed by atoms with Crippen LogP contribution in [0.15, 0.2) is 30.6 Å². The van der Waals surface area contributed by atoms with Gasteiger partial charge < -0.3 is 11.1 Å². The minimum atomic E-state index is 0.318. The molecule has 0 saturated heterocycles. The number of nitrogen functional groups attached to an aromatic ring is 1. The molecule has 0 unspecified atom stereocenters. The maximum atomic E-state index is 5.86. The second-order valence-corrected chi connectivity index (χ2v) is 3.95. The average Bonchev–Trinajstić information content (AvgIpc) is 2.20. The first-order chi connectivity index (χ1) is 7.65. The van der Waals surface area contributed by atoms with Crippen LogP contribution in [-0.4, -0.2) is 9.97 Å². The van der Waals surface area contributed by atoms with Gasteiger partial charge in [-0.1, -0.05) is 23.2 Å². The number of nitrogens with zero attached hydrogens (tertiary/aromatic N) is 2. The topological polar surface area (TPSA) is 63.8 Å². The van der Waals surface area contributed by atoms with E-state index in [0.717, 1.165) is 0 Å². The van der Waals surface area contributed by atoms with Crippen molar-refractivity contribution in [2.45, 2.75) is 0 Å². The molecule has 6 heteroatoms. The van der Waals surface area contributed by atoms with Crippen molar-refractivity contribution in [1.82, 2.24) is 9.97 Å². The van der Waals surface area contributed by atoms with Crippen LogP contribution in [0, 0.1) is 0 Å². The summed E-state index contributed by atoms with van der Waals surface area (Å²) in [5.41, 5.74) is 6.36. The van der Waals surface area contributed by atoms with Gasteiger partial charge in [0.2, 0.25) is 0 Å². The molecule has 1 aromatic carbocycles. The summed E-state index contributed by atoms with van der Waals surface area (Å²) in [7, 11) is 0. The number of hydrogen-bond donors (Lipinski definition) is 2. The maximum absolute atomic E-state index is 5.86. The van der Waals surface area contributed by atoms with Crippen LogP contribution in [-0.2, 0) is 0 Å². The Morgan fingerprint density at radius 1 is 1.00 bits per heavy atom. The first-order valence-electron chi connectivity index (χ1n) is 4.45. The van der Waals surface area contributed by atoms with Gasteiger partial charge >= 0.3 is 0 Å². The molecule has 1 aromatic heterocycles. The third kappa shape index (κ3) is 2.53. The molecule has 0 saturated carbocycles. The Morgan fingerprint density at radius 2 is 1.62 bits per heavy atom. The van der Waals surface area contributed by atoms with Gasteiger partial charge in [0.1, 0.15) is 0 Å². The fourth-order valence-corrected chi connectivity index (χ4v) is 1.73. The lowest BCUT2D eigenvalue weighted by Crippen LogP contribution is -2.00. The van der Waals surface area contributed by atoms with E-state index in [0.29, 0.717) is 27.4 Å². The van der Waals surface area contributed by atoms with Crippen LogP contribution in [0.1, 0.15) is 0 Å². The Kier molecular flexibility index (Phi) is 3.12. The van der Waals surface area contributed by atoms with Crippen LogP contribution in [0.5, 0.6) is 0 Å². The number of anilines is 3. The van der Waals surface area contributed by atoms with Crippen molar-refractivity contribution in [2.24, 2.45) is 0 Å². The average molecular weight is 255 g/mol. The molecule has 2 rings (SSSR count). The summed E-state index contributed by atoms with van der Waals surface area (Å²) in [6.07, 6.45) is 3.07. The second-order valence-electron chi connectivity index (χ2n) is 3.07. The summed E-state index contributed by atoms with van der Waals surface area (Å²) in [6, 6.07) is 5.09. The highest BCUT2D eigenvalue weighted by Crippen LogP contribution is 2.25. The van der Waals surface area contributed by atoms with Crippen LogP contribution in [0.4, 0.5) is 17.3 Å². The van der Waals surface area contributed by atoms with Crippen molar-refractivity contribution >= 4 is 40.5 Å². The zero-order valence-electron chi connectivity index (χ0n) is 8.11. The number of rotatable bonds is 2. The number of nitrogens with two attached hydrogens (primary N) is 1. The molecule has 0 amide bonds. The summed E-state index contributed by atoms with van der Waals surface area (Å²) in [4.78, 5) is 7.96. The van der Waals surface area contributed by atoms with Crippen LogP contribution in [0.2, 0.25) is 10.0 Å². The molecule has 0 spiro atoms. The monoisotopic (exact) mass is 254 g/mol. The Morgan fingerprint density at radius 3 is 2.25 bits per heavy atom. The minimum absolute atomic E-state index is 0.318. The molecule has 1 heterocycles. The van der Waals surface area contributed by atoms with E-state index in [4.69, 9.17) is 28.9 Å². The summed E-state index contributed by atoms with van der Waals surface area (Å²) in [6.45, 7) is 0. The van der Waals surface area contributed by atoms with Crippen molar-refractivity contribution in [2.75, 3.05) is 11.1 Å². The third-order valence-corrected chi connectivity index (χ3v) is 2.29. The first-order valence-corrected chi connectivity index (χ1v) is 5.20. The molecule has 0 radical (unpaired) electrons. The molecule has 0 aliphatic heterocycles. The highest BCUT2D eigenvalue weighted by Gasteiger charge is 2.03. The van der Waals surface area contributed by atoms with Gasteiger partial charge in [-0.2, -0.15) is 0 Å². The molecule has 0 atom stereocenters. The third-order valence-electron chi connectivity index (χ3n) is 1.85. The Labute approximate surface area is 102 Å². The van der Waals surface area contributed by atoms with Crippen LogP contribution < -0.4 is 11.1 Å². The predicted molar refractivity (Wildman–Crippen MR) is 66.2 cm³/mol. The Bertz CT molecular complexity index is 496. The molecule has 0 aliphatic carbocycles. The Balaban J connectivity index is 2.30. The number of benzene rings is 1. The predicted octanol–water partition coefficient (Wildman–Crippen LogP) is 3.11. The van der Waals surface area contributed by atoms with E-state index >= 15 is 0 Å². The van der Waals surface area contributed by atoms with Gasteiger partial charge in [0.15, 0.2) is 11.6 Å². The van der Waals surface area contributed by atoms with Crippen molar-refractivity contribution < 1.29 is 0 Å². The second kappa shape index (κ2) is 4.55. The van der Waals surface area contributed by atoms with Gasteiger partial charge in [0.25, 0.3) is 0 Å². The molecule has 0 fully saturated rings. The van der Waals surface area contributed by atoms with Crippen LogP contribution in [0.25, 0.3) is 0 Å². The van der Waals surface area contributed by atoms with Crippen molar-refractivity contribution in [1.29, 1.82) is 0 Å². The number of aromatic nitrogens is 2. The quantitative estimate of drug-likeness (QED) is 0.865. The smallest absolute Gasteiger partial charge is 0.173 e. The van der Waals surface area contributed by atoms with Crippen LogP contribution in [0.3, 0.4) is 0 Å². The van der Waals surface area contributed by atoms with E-state index in [2.05, 4.69) is 15.3 Å². The van der Waals surface area contributed by atoms with Gasteiger partial charge in [-0.15, -0.1) is 0 Å². The molecular weight excluding hydrogens is 247 g/mol. The highest BCUT2D eigenvalue weighted by molar-refractivity contribution is 6.35. The Hall–Kier alpha value is -1.52.